The van der Waals surface area contributed by atoms with E-state index in [4.69, 9.17) is 17.2 Å². The Hall–Kier alpha value is -1.53. The van der Waals surface area contributed by atoms with Crippen LogP contribution in [0.1, 0.15) is 5.56 Å². The summed E-state index contributed by atoms with van der Waals surface area (Å²) in [4.78, 5) is 11.4. The van der Waals surface area contributed by atoms with Gasteiger partial charge in [0.25, 0.3) is 0 Å². The lowest BCUT2D eigenvalue weighted by Gasteiger charge is -1.95. The fraction of sp³-hybridized carbons (Fsp3) is 0.125. The molecule has 0 spiro atoms. The second-order valence-electron chi connectivity index (χ2n) is 2.57. The molecule has 0 bridgehead atoms. The Balaban J connectivity index is 0. The van der Waals surface area contributed by atoms with Crippen molar-refractivity contribution in [2.75, 3.05) is 0 Å². The number of rotatable bonds is 2. The number of aliphatic imine (C=N–C) groups is 2. The minimum Gasteiger partial charge on any atom is -1.00 e. The molecule has 0 fully saturated rings. The van der Waals surface area contributed by atoms with Crippen LogP contribution in [0.3, 0.4) is 0 Å². The number of hydrogen-bond acceptors (Lipinski definition) is 2. The smallest absolute Gasteiger partial charge is 0.218 e. The van der Waals surface area contributed by atoms with Crippen LogP contribution in [-0.2, 0) is 6.54 Å². The number of halogens is 2. The van der Waals surface area contributed by atoms with Gasteiger partial charge in [-0.15, -0.1) is 0 Å². The van der Waals surface area contributed by atoms with Gasteiger partial charge in [-0.3, -0.25) is 4.98 Å². The minimum atomic E-state index is -0.0996. The lowest BCUT2D eigenvalue weighted by molar-refractivity contribution is -0.001000. The van der Waals surface area contributed by atoms with Crippen LogP contribution in [0, 0.1) is 0 Å². The van der Waals surface area contributed by atoms with E-state index in [0.29, 0.717) is 6.54 Å². The highest BCUT2D eigenvalue weighted by molar-refractivity contribution is 5.92. The summed E-state index contributed by atoms with van der Waals surface area (Å²) >= 11 is 0. The normalized spacial score (nSPS) is 9.62. The third-order valence-electron chi connectivity index (χ3n) is 1.39. The van der Waals surface area contributed by atoms with Gasteiger partial charge in [-0.1, -0.05) is 6.07 Å². The second kappa shape index (κ2) is 8.75. The molecule has 0 saturated carbocycles. The highest BCUT2D eigenvalue weighted by Gasteiger charge is 1.91. The second-order valence-corrected chi connectivity index (χ2v) is 2.57. The molecule has 8 heteroatoms. The molecule has 1 aromatic heterocycles. The van der Waals surface area contributed by atoms with Gasteiger partial charge in [0.2, 0.25) is 5.96 Å². The van der Waals surface area contributed by atoms with E-state index in [1.54, 1.807) is 12.4 Å². The molecule has 6 N–H and O–H groups in total. The molecule has 0 aliphatic carbocycles. The van der Waals surface area contributed by atoms with Crippen LogP contribution in [-0.4, -0.2) is 16.9 Å². The SMILES string of the molecule is NC(N)=NC(N)=NCc1cccnc1.[Cl-].[Cl-]. The predicted octanol–water partition coefficient (Wildman–Crippen LogP) is -6.82. The molecule has 16 heavy (non-hydrogen) atoms. The molecule has 0 aromatic carbocycles. The van der Waals surface area contributed by atoms with Crippen molar-refractivity contribution in [1.29, 1.82) is 0 Å². The minimum absolute atomic E-state index is 0. The average Bonchev–Trinajstić information content (AvgIpc) is 2.15. The number of pyridine rings is 1. The van der Waals surface area contributed by atoms with Gasteiger partial charge in [0.15, 0.2) is 5.96 Å². The third kappa shape index (κ3) is 6.86. The number of hydrogen-bond donors (Lipinski definition) is 3. The molecule has 1 heterocycles. The summed E-state index contributed by atoms with van der Waals surface area (Å²) in [5.74, 6) is -0.0358. The van der Waals surface area contributed by atoms with E-state index < -0.39 is 0 Å². The van der Waals surface area contributed by atoms with Crippen molar-refractivity contribution in [1.82, 2.24) is 4.98 Å². The summed E-state index contributed by atoms with van der Waals surface area (Å²) in [6, 6.07) is 3.71. The van der Waals surface area contributed by atoms with E-state index in [1.807, 2.05) is 12.1 Å². The molecule has 0 aliphatic rings. The van der Waals surface area contributed by atoms with Crippen LogP contribution in [0.5, 0.6) is 0 Å². The van der Waals surface area contributed by atoms with E-state index in [0.717, 1.165) is 5.56 Å². The zero-order valence-electron chi connectivity index (χ0n) is 8.35. The molecular weight excluding hydrogens is 251 g/mol. The van der Waals surface area contributed by atoms with Crippen molar-refractivity contribution in [3.05, 3.63) is 30.1 Å². The van der Waals surface area contributed by atoms with Crippen LogP contribution in [0.15, 0.2) is 34.5 Å². The van der Waals surface area contributed by atoms with Gasteiger partial charge in [-0.2, -0.15) is 4.99 Å². The Labute approximate surface area is 106 Å². The first-order valence-electron chi connectivity index (χ1n) is 3.97. The average molecular weight is 263 g/mol. The molecule has 0 radical (unpaired) electrons. The maximum Gasteiger partial charge on any atom is 0.218 e. The van der Waals surface area contributed by atoms with Gasteiger partial charge < -0.3 is 42.0 Å². The highest BCUT2D eigenvalue weighted by atomic mass is 35.5. The lowest BCUT2D eigenvalue weighted by Crippen LogP contribution is -3.00. The molecule has 0 atom stereocenters. The predicted molar refractivity (Wildman–Crippen MR) is 55.4 cm³/mol. The fourth-order valence-corrected chi connectivity index (χ4v) is 0.832. The van der Waals surface area contributed by atoms with Crippen LogP contribution in [0.4, 0.5) is 0 Å². The first-order valence-corrected chi connectivity index (χ1v) is 3.97. The maximum absolute atomic E-state index is 5.40. The van der Waals surface area contributed by atoms with Crippen LogP contribution >= 0.6 is 0 Å². The number of nitrogens with zero attached hydrogens (tertiary/aromatic N) is 3. The van der Waals surface area contributed by atoms with Crippen LogP contribution < -0.4 is 42.0 Å². The number of guanidine groups is 2. The molecule has 1 aromatic rings. The molecule has 0 unspecified atom stereocenters. The quantitative estimate of drug-likeness (QED) is 0.363. The van der Waals surface area contributed by atoms with Gasteiger partial charge in [0, 0.05) is 12.4 Å². The zero-order chi connectivity index (χ0) is 10.4. The third-order valence-corrected chi connectivity index (χ3v) is 1.39. The van der Waals surface area contributed by atoms with Gasteiger partial charge >= 0.3 is 0 Å². The Bertz CT molecular complexity index is 347. The van der Waals surface area contributed by atoms with Crippen molar-refractivity contribution < 1.29 is 24.8 Å². The fourth-order valence-electron chi connectivity index (χ4n) is 0.832. The summed E-state index contributed by atoms with van der Waals surface area (Å²) in [6.07, 6.45) is 3.39. The van der Waals surface area contributed by atoms with E-state index in [-0.39, 0.29) is 36.7 Å². The van der Waals surface area contributed by atoms with Gasteiger partial charge in [0.1, 0.15) is 0 Å². The Morgan fingerprint density at radius 3 is 2.44 bits per heavy atom. The summed E-state index contributed by atoms with van der Waals surface area (Å²) in [5.41, 5.74) is 16.6. The van der Waals surface area contributed by atoms with Crippen molar-refractivity contribution >= 4 is 11.9 Å². The van der Waals surface area contributed by atoms with Crippen LogP contribution in [0.25, 0.3) is 0 Å². The Morgan fingerprint density at radius 1 is 1.25 bits per heavy atom. The van der Waals surface area contributed by atoms with Crippen molar-refractivity contribution in [3.8, 4) is 0 Å². The first kappa shape index (κ1) is 16.9. The summed E-state index contributed by atoms with van der Waals surface area (Å²) in [5, 5.41) is 0. The first-order chi connectivity index (χ1) is 6.68. The summed E-state index contributed by atoms with van der Waals surface area (Å²) in [6.45, 7) is 0.413. The van der Waals surface area contributed by atoms with Crippen LogP contribution in [0.2, 0.25) is 0 Å². The molecule has 0 aliphatic heterocycles. The number of nitrogens with two attached hydrogens (primary N) is 3. The van der Waals surface area contributed by atoms with Crippen molar-refractivity contribution in [2.45, 2.75) is 6.54 Å². The van der Waals surface area contributed by atoms with E-state index >= 15 is 0 Å². The topological polar surface area (TPSA) is 116 Å². The highest BCUT2D eigenvalue weighted by Crippen LogP contribution is 1.97. The molecule has 0 saturated heterocycles. The Kier molecular flexibility index (Phi) is 9.24. The Morgan fingerprint density at radius 2 is 1.94 bits per heavy atom. The largest absolute Gasteiger partial charge is 1.00 e. The maximum atomic E-state index is 5.40. The summed E-state index contributed by atoms with van der Waals surface area (Å²) in [7, 11) is 0. The van der Waals surface area contributed by atoms with E-state index in [2.05, 4.69) is 15.0 Å². The molecular formula is C8H12Cl2N6-2. The zero-order valence-corrected chi connectivity index (χ0v) is 9.86. The van der Waals surface area contributed by atoms with Gasteiger partial charge in [-0.25, -0.2) is 4.99 Å². The molecule has 1 rings (SSSR count). The summed E-state index contributed by atoms with van der Waals surface area (Å²) < 4.78 is 0. The van der Waals surface area contributed by atoms with E-state index in [9.17, 15) is 0 Å². The molecule has 90 valence electrons. The standard InChI is InChI=1S/C8H12N6.2ClH/c9-7(10)14-8(11)13-5-6-2-1-3-12-4-6;;/h1-4H,5H2,(H6,9,10,11,13,14);2*1H/p-2. The lowest BCUT2D eigenvalue weighted by atomic mass is 10.3. The van der Waals surface area contributed by atoms with Gasteiger partial charge in [-0.05, 0) is 11.6 Å². The monoisotopic (exact) mass is 262 g/mol. The molecule has 6 nitrogen and oxygen atoms in total. The molecule has 0 amide bonds. The van der Waals surface area contributed by atoms with Crippen molar-refractivity contribution in [2.24, 2.45) is 27.2 Å². The van der Waals surface area contributed by atoms with E-state index in [1.165, 1.54) is 0 Å². The van der Waals surface area contributed by atoms with Crippen molar-refractivity contribution in [3.63, 3.8) is 0 Å². The number of aromatic nitrogens is 1. The van der Waals surface area contributed by atoms with Gasteiger partial charge in [0.05, 0.1) is 6.54 Å².